The van der Waals surface area contributed by atoms with Gasteiger partial charge >= 0.3 is 0 Å². The molecule has 0 bridgehead atoms. The molecule has 0 aliphatic heterocycles. The van der Waals surface area contributed by atoms with Crippen LogP contribution in [0.15, 0.2) is 24.3 Å². The highest BCUT2D eigenvalue weighted by Crippen LogP contribution is 2.05. The van der Waals surface area contributed by atoms with Gasteiger partial charge in [0.2, 0.25) is 0 Å². The molecule has 0 atom stereocenters. The Balaban J connectivity index is 3.22. The predicted octanol–water partition coefficient (Wildman–Crippen LogP) is 1.89. The van der Waals surface area contributed by atoms with Gasteiger partial charge in [-0.2, -0.15) is 0 Å². The van der Waals surface area contributed by atoms with Crippen LogP contribution in [0.25, 0.3) is 0 Å². The van der Waals surface area contributed by atoms with Crippen LogP contribution >= 0.6 is 0 Å². The van der Waals surface area contributed by atoms with Crippen LogP contribution in [0.2, 0.25) is 0 Å². The lowest BCUT2D eigenvalue weighted by Gasteiger charge is -1.98. The summed E-state index contributed by atoms with van der Waals surface area (Å²) in [7, 11) is 0. The zero-order valence-corrected chi connectivity index (χ0v) is 6.29. The van der Waals surface area contributed by atoms with Crippen LogP contribution in [0.5, 0.6) is 0 Å². The van der Waals surface area contributed by atoms with Gasteiger partial charge in [0, 0.05) is 17.3 Å². The maximum absolute atomic E-state index is 10.9. The number of carbonyl (C=O) groups is 1. The Hall–Kier alpha value is -1.44. The number of hydrogen-bond acceptors (Lipinski definition) is 2. The molecule has 11 heavy (non-hydrogen) atoms. The van der Waals surface area contributed by atoms with Crippen molar-refractivity contribution in [3.63, 3.8) is 0 Å². The molecule has 0 unspecified atom stereocenters. The van der Waals surface area contributed by atoms with E-state index in [2.05, 4.69) is 0 Å². The van der Waals surface area contributed by atoms with E-state index in [0.29, 0.717) is 11.1 Å². The van der Waals surface area contributed by atoms with Gasteiger partial charge in [-0.15, -0.1) is 0 Å². The number of rotatable bonds is 2. The van der Waals surface area contributed by atoms with E-state index in [0.717, 1.165) is 0 Å². The van der Waals surface area contributed by atoms with Gasteiger partial charge in [0.25, 0.3) is 0 Å². The van der Waals surface area contributed by atoms with Crippen LogP contribution in [0.3, 0.4) is 0 Å². The molecule has 0 fully saturated rings. The smallest absolute Gasteiger partial charge is 0.160 e. The van der Waals surface area contributed by atoms with E-state index in [9.17, 15) is 4.79 Å². The van der Waals surface area contributed by atoms with Crippen molar-refractivity contribution >= 4 is 12.0 Å². The average Bonchev–Trinajstić information content (AvgIpc) is 2.04. The van der Waals surface area contributed by atoms with E-state index in [1.165, 1.54) is 13.1 Å². The van der Waals surface area contributed by atoms with Gasteiger partial charge < -0.3 is 5.41 Å². The fraction of sp³-hybridized carbons (Fsp3) is 0.111. The second-order valence-electron chi connectivity index (χ2n) is 2.29. The fourth-order valence-electron chi connectivity index (χ4n) is 0.943. The maximum Gasteiger partial charge on any atom is 0.160 e. The first-order valence-corrected chi connectivity index (χ1v) is 3.36. The first-order valence-electron chi connectivity index (χ1n) is 3.36. The van der Waals surface area contributed by atoms with Crippen molar-refractivity contribution in [2.45, 2.75) is 6.92 Å². The lowest BCUT2D eigenvalue weighted by Crippen LogP contribution is -1.97. The minimum atomic E-state index is 0.00380. The highest BCUT2D eigenvalue weighted by atomic mass is 16.1. The summed E-state index contributed by atoms with van der Waals surface area (Å²) in [5, 5.41) is 7.00. The molecule has 0 aromatic heterocycles. The van der Waals surface area contributed by atoms with Gasteiger partial charge in [-0.1, -0.05) is 24.3 Å². The van der Waals surface area contributed by atoms with Crippen molar-refractivity contribution in [3.8, 4) is 0 Å². The van der Waals surface area contributed by atoms with Crippen LogP contribution in [-0.2, 0) is 0 Å². The van der Waals surface area contributed by atoms with E-state index in [-0.39, 0.29) is 5.78 Å². The number of carbonyl (C=O) groups excluding carboxylic acids is 1. The standard InChI is InChI=1S/C9H9NO/c1-7(11)9-5-3-2-4-8(9)6-10/h2-6,10H,1H3. The molecule has 0 heterocycles. The average molecular weight is 147 g/mol. The molecule has 1 aromatic carbocycles. The van der Waals surface area contributed by atoms with Crippen molar-refractivity contribution in [2.24, 2.45) is 0 Å². The van der Waals surface area contributed by atoms with Gasteiger partial charge in [-0.05, 0) is 6.92 Å². The van der Waals surface area contributed by atoms with Crippen LogP contribution in [0, 0.1) is 5.41 Å². The minimum Gasteiger partial charge on any atom is -0.308 e. The summed E-state index contributed by atoms with van der Waals surface area (Å²) in [6.07, 6.45) is 1.19. The van der Waals surface area contributed by atoms with Gasteiger partial charge in [0.15, 0.2) is 5.78 Å². The third kappa shape index (κ3) is 1.52. The normalized spacial score (nSPS) is 9.18. The Labute approximate surface area is 65.4 Å². The SMILES string of the molecule is CC(=O)c1ccccc1C=N. The molecule has 0 saturated carbocycles. The highest BCUT2D eigenvalue weighted by molar-refractivity contribution is 6.01. The number of benzene rings is 1. The van der Waals surface area contributed by atoms with Gasteiger partial charge in [0.1, 0.15) is 0 Å². The summed E-state index contributed by atoms with van der Waals surface area (Å²) in [5.74, 6) is 0.00380. The molecule has 0 radical (unpaired) electrons. The first-order chi connectivity index (χ1) is 5.25. The van der Waals surface area contributed by atoms with Crippen molar-refractivity contribution < 1.29 is 4.79 Å². The molecule has 56 valence electrons. The topological polar surface area (TPSA) is 40.9 Å². The number of hydrogen-bond donors (Lipinski definition) is 1. The van der Waals surface area contributed by atoms with Crippen LogP contribution in [0.4, 0.5) is 0 Å². The Bertz CT molecular complexity index is 291. The number of nitrogens with one attached hydrogen (secondary N) is 1. The van der Waals surface area contributed by atoms with E-state index >= 15 is 0 Å². The molecule has 0 saturated heterocycles. The molecule has 2 heteroatoms. The van der Waals surface area contributed by atoms with Gasteiger partial charge in [-0.3, -0.25) is 4.79 Å². The molecule has 0 aliphatic carbocycles. The molecular formula is C9H9NO. The van der Waals surface area contributed by atoms with Crippen molar-refractivity contribution in [3.05, 3.63) is 35.4 Å². The van der Waals surface area contributed by atoms with Crippen LogP contribution in [0.1, 0.15) is 22.8 Å². The summed E-state index contributed by atoms with van der Waals surface area (Å²) >= 11 is 0. The van der Waals surface area contributed by atoms with E-state index in [4.69, 9.17) is 5.41 Å². The zero-order chi connectivity index (χ0) is 8.27. The van der Waals surface area contributed by atoms with Crippen molar-refractivity contribution in [2.75, 3.05) is 0 Å². The molecule has 1 rings (SSSR count). The monoisotopic (exact) mass is 147 g/mol. The largest absolute Gasteiger partial charge is 0.308 e. The Kier molecular flexibility index (Phi) is 2.16. The van der Waals surface area contributed by atoms with E-state index < -0.39 is 0 Å². The first kappa shape index (κ1) is 7.66. The maximum atomic E-state index is 10.9. The van der Waals surface area contributed by atoms with Gasteiger partial charge in [-0.25, -0.2) is 0 Å². The molecular weight excluding hydrogens is 138 g/mol. The second kappa shape index (κ2) is 3.10. The summed E-state index contributed by atoms with van der Waals surface area (Å²) in [4.78, 5) is 10.9. The molecule has 2 nitrogen and oxygen atoms in total. The molecule has 0 aliphatic rings. The second-order valence-corrected chi connectivity index (χ2v) is 2.29. The fourth-order valence-corrected chi connectivity index (χ4v) is 0.943. The van der Waals surface area contributed by atoms with Crippen molar-refractivity contribution in [1.29, 1.82) is 5.41 Å². The predicted molar refractivity (Wildman–Crippen MR) is 44.3 cm³/mol. The number of ketones is 1. The molecule has 0 spiro atoms. The summed E-state index contributed by atoms with van der Waals surface area (Å²) in [6, 6.07) is 7.09. The van der Waals surface area contributed by atoms with Crippen molar-refractivity contribution in [1.82, 2.24) is 0 Å². The summed E-state index contributed by atoms with van der Waals surface area (Å²) < 4.78 is 0. The lowest BCUT2D eigenvalue weighted by atomic mass is 10.1. The lowest BCUT2D eigenvalue weighted by molar-refractivity contribution is 0.101. The molecule has 0 amide bonds. The Morgan fingerprint density at radius 2 is 2.09 bits per heavy atom. The number of Topliss-reactive ketones (excluding diaryl/α,β-unsaturated/α-hetero) is 1. The molecule has 1 aromatic rings. The Morgan fingerprint density at radius 3 is 2.55 bits per heavy atom. The minimum absolute atomic E-state index is 0.00380. The highest BCUT2D eigenvalue weighted by Gasteiger charge is 2.01. The Morgan fingerprint density at radius 1 is 1.45 bits per heavy atom. The van der Waals surface area contributed by atoms with Gasteiger partial charge in [0.05, 0.1) is 0 Å². The molecule has 1 N–H and O–H groups in total. The quantitative estimate of drug-likeness (QED) is 0.503. The van der Waals surface area contributed by atoms with Crippen LogP contribution < -0.4 is 0 Å². The third-order valence-corrected chi connectivity index (χ3v) is 1.50. The van der Waals surface area contributed by atoms with Crippen LogP contribution in [-0.4, -0.2) is 12.0 Å². The third-order valence-electron chi connectivity index (χ3n) is 1.50. The summed E-state index contributed by atoms with van der Waals surface area (Å²) in [5.41, 5.74) is 1.29. The van der Waals surface area contributed by atoms with E-state index in [1.54, 1.807) is 18.2 Å². The zero-order valence-electron chi connectivity index (χ0n) is 6.29. The van der Waals surface area contributed by atoms with E-state index in [1.807, 2.05) is 6.07 Å². The summed E-state index contributed by atoms with van der Waals surface area (Å²) in [6.45, 7) is 1.50.